The topological polar surface area (TPSA) is 55.8 Å². The zero-order valence-corrected chi connectivity index (χ0v) is 9.21. The first-order valence-corrected chi connectivity index (χ1v) is 4.77. The molecule has 0 fully saturated rings. The number of esters is 1. The number of carbonyl (C=O) groups excluding carboxylic acids is 1. The Hall–Kier alpha value is -0.610. The number of methoxy groups -OCH3 is 1. The van der Waals surface area contributed by atoms with E-state index in [0.29, 0.717) is 26.1 Å². The second-order valence-corrected chi connectivity index (χ2v) is 4.04. The van der Waals surface area contributed by atoms with Crippen LogP contribution in [-0.2, 0) is 14.3 Å². The Morgan fingerprint density at radius 3 is 2.50 bits per heavy atom. The van der Waals surface area contributed by atoms with Gasteiger partial charge in [0.1, 0.15) is 6.61 Å². The molecule has 0 amide bonds. The maximum Gasteiger partial charge on any atom is 0.305 e. The van der Waals surface area contributed by atoms with Crippen LogP contribution in [-0.4, -0.2) is 38.0 Å². The monoisotopic (exact) mass is 204 g/mol. The predicted octanol–water partition coefficient (Wildman–Crippen LogP) is 0.975. The van der Waals surface area contributed by atoms with Gasteiger partial charge in [-0.1, -0.05) is 13.8 Å². The van der Waals surface area contributed by atoms with E-state index in [4.69, 9.17) is 14.6 Å². The molecule has 0 aromatic rings. The molecule has 0 aliphatic carbocycles. The molecule has 0 saturated heterocycles. The number of aliphatic hydroxyl groups excluding tert-OH is 1. The van der Waals surface area contributed by atoms with E-state index in [1.807, 2.05) is 13.8 Å². The summed E-state index contributed by atoms with van der Waals surface area (Å²) in [6.07, 6.45) is 0.979. The summed E-state index contributed by atoms with van der Waals surface area (Å²) < 4.78 is 9.62. The maximum atomic E-state index is 11.1. The van der Waals surface area contributed by atoms with Crippen LogP contribution in [0.1, 0.15) is 26.7 Å². The first-order valence-electron chi connectivity index (χ1n) is 4.77. The summed E-state index contributed by atoms with van der Waals surface area (Å²) in [5.74, 6) is -0.233. The van der Waals surface area contributed by atoms with E-state index in [2.05, 4.69) is 0 Å². The largest absolute Gasteiger partial charge is 0.463 e. The lowest BCUT2D eigenvalue weighted by molar-refractivity contribution is -0.145. The van der Waals surface area contributed by atoms with Crippen LogP contribution in [0.25, 0.3) is 0 Å². The van der Waals surface area contributed by atoms with Crippen molar-refractivity contribution in [2.75, 3.05) is 26.9 Å². The fraction of sp³-hybridized carbons (Fsp3) is 0.900. The molecule has 4 heteroatoms. The second-order valence-electron chi connectivity index (χ2n) is 4.04. The molecule has 0 radical (unpaired) electrons. The van der Waals surface area contributed by atoms with Crippen LogP contribution in [0.15, 0.2) is 0 Å². The lowest BCUT2D eigenvalue weighted by atomic mass is 9.89. The number of rotatable bonds is 7. The Morgan fingerprint density at radius 2 is 2.00 bits per heavy atom. The highest BCUT2D eigenvalue weighted by Gasteiger charge is 2.18. The zero-order chi connectivity index (χ0) is 11.0. The Morgan fingerprint density at radius 1 is 1.36 bits per heavy atom. The quantitative estimate of drug-likeness (QED) is 0.496. The van der Waals surface area contributed by atoms with Gasteiger partial charge in [0.25, 0.3) is 0 Å². The van der Waals surface area contributed by atoms with Gasteiger partial charge in [0.05, 0.1) is 6.61 Å². The van der Waals surface area contributed by atoms with Crippen molar-refractivity contribution in [2.45, 2.75) is 26.7 Å². The number of hydrogen-bond acceptors (Lipinski definition) is 4. The van der Waals surface area contributed by atoms with Crippen molar-refractivity contribution in [3.8, 4) is 0 Å². The van der Waals surface area contributed by atoms with Gasteiger partial charge in [-0.25, -0.2) is 0 Å². The van der Waals surface area contributed by atoms with Crippen LogP contribution in [0.5, 0.6) is 0 Å². The highest BCUT2D eigenvalue weighted by molar-refractivity contribution is 5.69. The normalized spacial score (nSPS) is 11.4. The third kappa shape index (κ3) is 6.86. The molecule has 4 nitrogen and oxygen atoms in total. The molecule has 14 heavy (non-hydrogen) atoms. The number of hydrogen-bond donors (Lipinski definition) is 1. The molecule has 0 atom stereocenters. The van der Waals surface area contributed by atoms with Gasteiger partial charge >= 0.3 is 5.97 Å². The van der Waals surface area contributed by atoms with E-state index < -0.39 is 0 Å². The van der Waals surface area contributed by atoms with Crippen LogP contribution in [0.2, 0.25) is 0 Å². The molecule has 0 aliphatic rings. The van der Waals surface area contributed by atoms with Gasteiger partial charge in [0.2, 0.25) is 0 Å². The minimum Gasteiger partial charge on any atom is -0.463 e. The molecule has 0 aromatic carbocycles. The van der Waals surface area contributed by atoms with Gasteiger partial charge in [0, 0.05) is 20.1 Å². The van der Waals surface area contributed by atoms with E-state index in [9.17, 15) is 4.79 Å². The summed E-state index contributed by atoms with van der Waals surface area (Å²) >= 11 is 0. The van der Waals surface area contributed by atoms with Gasteiger partial charge in [0.15, 0.2) is 0 Å². The van der Waals surface area contributed by atoms with E-state index in [0.717, 1.165) is 0 Å². The molecule has 0 saturated carbocycles. The summed E-state index contributed by atoms with van der Waals surface area (Å²) in [6, 6.07) is 0. The first-order chi connectivity index (χ1) is 6.52. The molecule has 1 N–H and O–H groups in total. The van der Waals surface area contributed by atoms with Crippen molar-refractivity contribution in [3.63, 3.8) is 0 Å². The first kappa shape index (κ1) is 13.4. The molecule has 84 valence electrons. The predicted molar refractivity (Wildman–Crippen MR) is 52.9 cm³/mol. The van der Waals surface area contributed by atoms with Crippen LogP contribution in [0.3, 0.4) is 0 Å². The van der Waals surface area contributed by atoms with Gasteiger partial charge < -0.3 is 14.6 Å². The summed E-state index contributed by atoms with van der Waals surface area (Å²) in [5.41, 5.74) is -0.208. The van der Waals surface area contributed by atoms with E-state index in [-0.39, 0.29) is 18.0 Å². The summed E-state index contributed by atoms with van der Waals surface area (Å²) in [4.78, 5) is 11.1. The van der Waals surface area contributed by atoms with Crippen LogP contribution >= 0.6 is 0 Å². The molecular formula is C10H20O4. The highest BCUT2D eigenvalue weighted by Crippen LogP contribution is 2.21. The molecular weight excluding hydrogens is 184 g/mol. The SMILES string of the molecule is COCCOC(=O)CCC(C)(C)CO. The van der Waals surface area contributed by atoms with Gasteiger partial charge in [-0.3, -0.25) is 4.79 Å². The van der Waals surface area contributed by atoms with Crippen molar-refractivity contribution in [2.24, 2.45) is 5.41 Å². The van der Waals surface area contributed by atoms with Gasteiger partial charge in [-0.05, 0) is 11.8 Å². The average Bonchev–Trinajstić information content (AvgIpc) is 2.16. The number of aliphatic hydroxyl groups is 1. The minimum absolute atomic E-state index is 0.0817. The Labute approximate surface area is 85.2 Å². The standard InChI is InChI=1S/C10H20O4/c1-10(2,8-11)5-4-9(12)14-7-6-13-3/h11H,4-8H2,1-3H3. The molecule has 0 spiro atoms. The third-order valence-corrected chi connectivity index (χ3v) is 1.98. The molecule has 0 unspecified atom stereocenters. The molecule has 0 bridgehead atoms. The highest BCUT2D eigenvalue weighted by atomic mass is 16.6. The Bertz CT molecular complexity index is 166. The Balaban J connectivity index is 3.53. The average molecular weight is 204 g/mol. The van der Waals surface area contributed by atoms with E-state index in [1.54, 1.807) is 7.11 Å². The van der Waals surface area contributed by atoms with Crippen LogP contribution in [0.4, 0.5) is 0 Å². The summed E-state index contributed by atoms with van der Waals surface area (Å²) in [7, 11) is 1.56. The number of ether oxygens (including phenoxy) is 2. The van der Waals surface area contributed by atoms with Crippen molar-refractivity contribution >= 4 is 5.97 Å². The van der Waals surface area contributed by atoms with Crippen molar-refractivity contribution in [3.05, 3.63) is 0 Å². The minimum atomic E-state index is -0.233. The van der Waals surface area contributed by atoms with Crippen LogP contribution < -0.4 is 0 Å². The third-order valence-electron chi connectivity index (χ3n) is 1.98. The van der Waals surface area contributed by atoms with E-state index >= 15 is 0 Å². The smallest absolute Gasteiger partial charge is 0.305 e. The molecule has 0 aliphatic heterocycles. The van der Waals surface area contributed by atoms with Gasteiger partial charge in [-0.15, -0.1) is 0 Å². The maximum absolute atomic E-state index is 11.1. The van der Waals surface area contributed by atoms with Crippen molar-refractivity contribution in [1.82, 2.24) is 0 Å². The molecule has 0 heterocycles. The van der Waals surface area contributed by atoms with E-state index in [1.165, 1.54) is 0 Å². The molecule has 0 rings (SSSR count). The van der Waals surface area contributed by atoms with Crippen molar-refractivity contribution in [1.29, 1.82) is 0 Å². The summed E-state index contributed by atoms with van der Waals surface area (Å²) in [5, 5.41) is 8.95. The second kappa shape index (κ2) is 6.79. The lowest BCUT2D eigenvalue weighted by Gasteiger charge is -2.20. The lowest BCUT2D eigenvalue weighted by Crippen LogP contribution is -2.19. The fourth-order valence-electron chi connectivity index (χ4n) is 0.831. The van der Waals surface area contributed by atoms with Crippen molar-refractivity contribution < 1.29 is 19.4 Å². The zero-order valence-electron chi connectivity index (χ0n) is 9.21. The fourth-order valence-corrected chi connectivity index (χ4v) is 0.831. The Kier molecular flexibility index (Phi) is 6.49. The molecule has 0 aromatic heterocycles. The summed E-state index contributed by atoms with van der Waals surface area (Å²) in [6.45, 7) is 4.63. The van der Waals surface area contributed by atoms with Gasteiger partial charge in [-0.2, -0.15) is 0 Å². The van der Waals surface area contributed by atoms with Crippen LogP contribution in [0, 0.1) is 5.41 Å². The number of carbonyl (C=O) groups is 1.